The third kappa shape index (κ3) is 4.23. The van der Waals surface area contributed by atoms with Gasteiger partial charge in [0.25, 0.3) is 5.91 Å². The molecule has 1 saturated heterocycles. The van der Waals surface area contributed by atoms with Crippen molar-refractivity contribution in [2.24, 2.45) is 0 Å². The van der Waals surface area contributed by atoms with E-state index in [0.717, 1.165) is 24.5 Å². The molecule has 1 aromatic heterocycles. The number of hydrogen-bond donors (Lipinski definition) is 2. The number of carbonyl (C=O) groups is 1. The summed E-state index contributed by atoms with van der Waals surface area (Å²) < 4.78 is 0. The molecule has 0 unspecified atom stereocenters. The van der Waals surface area contributed by atoms with E-state index in [4.69, 9.17) is 0 Å². The molecule has 0 bridgehead atoms. The molecule has 2 heterocycles. The Balaban J connectivity index is 1.38. The third-order valence-electron chi connectivity index (χ3n) is 4.54. The first-order valence-electron chi connectivity index (χ1n) is 9.08. The van der Waals surface area contributed by atoms with Crippen LogP contribution in [0.2, 0.25) is 0 Å². The maximum Gasteiger partial charge on any atom is 0.258 e. The molecular weight excluding hydrogens is 338 g/mol. The first-order valence-corrected chi connectivity index (χ1v) is 9.08. The van der Waals surface area contributed by atoms with Crippen LogP contribution < -0.4 is 15.5 Å². The fraction of sp³-hybridized carbons (Fsp3) is 0.190. The number of nitrogens with zero attached hydrogens (tertiary/aromatic N) is 3. The molecule has 0 saturated carbocycles. The fourth-order valence-electron chi connectivity index (χ4n) is 3.09. The summed E-state index contributed by atoms with van der Waals surface area (Å²) in [5, 5.41) is 5.98. The molecule has 0 atom stereocenters. The number of rotatable bonds is 5. The van der Waals surface area contributed by atoms with Crippen molar-refractivity contribution in [2.45, 2.75) is 12.8 Å². The maximum absolute atomic E-state index is 12.2. The van der Waals surface area contributed by atoms with Gasteiger partial charge < -0.3 is 15.5 Å². The lowest BCUT2D eigenvalue weighted by molar-refractivity contribution is 0.102. The Labute approximate surface area is 158 Å². The second kappa shape index (κ2) is 7.86. The predicted octanol–water partition coefficient (Wildman–Crippen LogP) is 4.07. The summed E-state index contributed by atoms with van der Waals surface area (Å²) in [5.41, 5.74) is 3.31. The number of hydrogen-bond acceptors (Lipinski definition) is 5. The number of aromatic nitrogens is 2. The normalized spacial score (nSPS) is 13.4. The van der Waals surface area contributed by atoms with E-state index in [0.29, 0.717) is 11.5 Å². The summed E-state index contributed by atoms with van der Waals surface area (Å²) in [5.74, 6) is 0.225. The molecule has 0 spiro atoms. The van der Waals surface area contributed by atoms with Gasteiger partial charge in [-0.2, -0.15) is 0 Å². The van der Waals surface area contributed by atoms with Crippen molar-refractivity contribution in [3.05, 3.63) is 72.6 Å². The number of carbonyl (C=O) groups excluding carboxylic acids is 1. The lowest BCUT2D eigenvalue weighted by Crippen LogP contribution is -2.17. The molecule has 1 fully saturated rings. The van der Waals surface area contributed by atoms with Crippen LogP contribution in [0.15, 0.2) is 67.0 Å². The minimum absolute atomic E-state index is 0.234. The van der Waals surface area contributed by atoms with E-state index in [2.05, 4.69) is 37.6 Å². The van der Waals surface area contributed by atoms with E-state index in [9.17, 15) is 4.79 Å². The van der Waals surface area contributed by atoms with Crippen molar-refractivity contribution in [2.75, 3.05) is 28.6 Å². The van der Waals surface area contributed by atoms with Crippen molar-refractivity contribution in [1.82, 2.24) is 9.97 Å². The van der Waals surface area contributed by atoms with Gasteiger partial charge in [-0.1, -0.05) is 18.2 Å². The van der Waals surface area contributed by atoms with Gasteiger partial charge in [0.2, 0.25) is 5.95 Å². The van der Waals surface area contributed by atoms with E-state index in [1.807, 2.05) is 42.5 Å². The molecule has 136 valence electrons. The van der Waals surface area contributed by atoms with Crippen LogP contribution in [0.5, 0.6) is 0 Å². The largest absolute Gasteiger partial charge is 0.372 e. The number of anilines is 4. The van der Waals surface area contributed by atoms with Gasteiger partial charge in [0, 0.05) is 42.5 Å². The first-order chi connectivity index (χ1) is 13.3. The van der Waals surface area contributed by atoms with Crippen LogP contribution in [0, 0.1) is 0 Å². The zero-order chi connectivity index (χ0) is 18.5. The van der Waals surface area contributed by atoms with E-state index >= 15 is 0 Å². The topological polar surface area (TPSA) is 70.2 Å². The van der Waals surface area contributed by atoms with Crippen molar-refractivity contribution in [3.63, 3.8) is 0 Å². The molecule has 3 aromatic rings. The molecule has 1 aliphatic rings. The highest BCUT2D eigenvalue weighted by Crippen LogP contribution is 2.23. The van der Waals surface area contributed by atoms with Gasteiger partial charge in [-0.05, 0) is 49.2 Å². The average Bonchev–Trinajstić information content (AvgIpc) is 3.25. The molecule has 2 N–H and O–H groups in total. The van der Waals surface area contributed by atoms with Crippen molar-refractivity contribution >= 4 is 28.9 Å². The number of nitrogens with one attached hydrogen (secondary N) is 2. The molecule has 1 aliphatic heterocycles. The molecular formula is C21H21N5O. The summed E-state index contributed by atoms with van der Waals surface area (Å²) >= 11 is 0. The smallest absolute Gasteiger partial charge is 0.258 e. The van der Waals surface area contributed by atoms with E-state index in [-0.39, 0.29) is 5.91 Å². The van der Waals surface area contributed by atoms with Crippen LogP contribution in [0.25, 0.3) is 0 Å². The lowest BCUT2D eigenvalue weighted by atomic mass is 10.2. The number of amides is 1. The van der Waals surface area contributed by atoms with Crippen molar-refractivity contribution in [3.8, 4) is 0 Å². The molecule has 0 radical (unpaired) electrons. The van der Waals surface area contributed by atoms with Gasteiger partial charge in [0.05, 0.1) is 5.56 Å². The second-order valence-corrected chi connectivity index (χ2v) is 6.48. The lowest BCUT2D eigenvalue weighted by Gasteiger charge is -2.17. The maximum atomic E-state index is 12.2. The fourth-order valence-corrected chi connectivity index (χ4v) is 3.09. The summed E-state index contributed by atoms with van der Waals surface area (Å²) in [6.07, 6.45) is 5.56. The van der Waals surface area contributed by atoms with Gasteiger partial charge in [-0.25, -0.2) is 9.97 Å². The van der Waals surface area contributed by atoms with E-state index in [1.165, 1.54) is 30.9 Å². The minimum Gasteiger partial charge on any atom is -0.372 e. The van der Waals surface area contributed by atoms with Gasteiger partial charge in [-0.15, -0.1) is 0 Å². The van der Waals surface area contributed by atoms with Gasteiger partial charge in [0.15, 0.2) is 0 Å². The molecule has 6 nitrogen and oxygen atoms in total. The van der Waals surface area contributed by atoms with Gasteiger partial charge >= 0.3 is 0 Å². The molecule has 6 heteroatoms. The van der Waals surface area contributed by atoms with Crippen LogP contribution >= 0.6 is 0 Å². The summed E-state index contributed by atoms with van der Waals surface area (Å²) in [6, 6.07) is 17.6. The Morgan fingerprint density at radius 3 is 2.19 bits per heavy atom. The minimum atomic E-state index is -0.234. The zero-order valence-corrected chi connectivity index (χ0v) is 14.9. The second-order valence-electron chi connectivity index (χ2n) is 6.48. The highest BCUT2D eigenvalue weighted by molar-refractivity contribution is 6.03. The average molecular weight is 359 g/mol. The summed E-state index contributed by atoms with van der Waals surface area (Å²) in [7, 11) is 0. The SMILES string of the molecule is O=C(Nc1ccccc1)c1cnc(Nc2ccc(N3CCCC3)cc2)nc1. The van der Waals surface area contributed by atoms with Crippen LogP contribution in [-0.4, -0.2) is 29.0 Å². The van der Waals surface area contributed by atoms with Crippen molar-refractivity contribution < 1.29 is 4.79 Å². The molecule has 0 aliphatic carbocycles. The molecule has 1 amide bonds. The Morgan fingerprint density at radius 2 is 1.52 bits per heavy atom. The summed E-state index contributed by atoms with van der Waals surface area (Å²) in [6.45, 7) is 2.25. The molecule has 27 heavy (non-hydrogen) atoms. The van der Waals surface area contributed by atoms with Gasteiger partial charge in [-0.3, -0.25) is 4.79 Å². The molecule has 4 rings (SSSR count). The first kappa shape index (κ1) is 17.0. The Bertz CT molecular complexity index is 888. The quantitative estimate of drug-likeness (QED) is 0.718. The van der Waals surface area contributed by atoms with E-state index < -0.39 is 0 Å². The Hall–Kier alpha value is -3.41. The summed E-state index contributed by atoms with van der Waals surface area (Å²) in [4.78, 5) is 23.1. The van der Waals surface area contributed by atoms with Crippen molar-refractivity contribution in [1.29, 1.82) is 0 Å². The highest BCUT2D eigenvalue weighted by atomic mass is 16.1. The molecule has 2 aromatic carbocycles. The number of benzene rings is 2. The zero-order valence-electron chi connectivity index (χ0n) is 14.9. The monoisotopic (exact) mass is 359 g/mol. The highest BCUT2D eigenvalue weighted by Gasteiger charge is 2.12. The van der Waals surface area contributed by atoms with Crippen LogP contribution in [-0.2, 0) is 0 Å². The standard InChI is InChI=1S/C21H21N5O/c27-20(24-17-6-2-1-3-7-17)16-14-22-21(23-15-16)25-18-8-10-19(11-9-18)26-12-4-5-13-26/h1-3,6-11,14-15H,4-5,12-13H2,(H,24,27)(H,22,23,25). The Kier molecular flexibility index (Phi) is 4.96. The van der Waals surface area contributed by atoms with Crippen LogP contribution in [0.1, 0.15) is 23.2 Å². The van der Waals surface area contributed by atoms with Gasteiger partial charge in [0.1, 0.15) is 0 Å². The third-order valence-corrected chi connectivity index (χ3v) is 4.54. The van der Waals surface area contributed by atoms with Crippen LogP contribution in [0.3, 0.4) is 0 Å². The van der Waals surface area contributed by atoms with E-state index in [1.54, 1.807) is 0 Å². The predicted molar refractivity (Wildman–Crippen MR) is 108 cm³/mol. The van der Waals surface area contributed by atoms with Crippen LogP contribution in [0.4, 0.5) is 23.0 Å². The Morgan fingerprint density at radius 1 is 0.852 bits per heavy atom. The number of para-hydroxylation sites is 1.